The average Bonchev–Trinajstić information content (AvgIpc) is 2.70. The highest BCUT2D eigenvalue weighted by atomic mass is 16.8. The Bertz CT molecular complexity index is 329. The van der Waals surface area contributed by atoms with E-state index in [1.54, 1.807) is 0 Å². The molecule has 0 aromatic rings. The van der Waals surface area contributed by atoms with Crippen molar-refractivity contribution in [2.24, 2.45) is 11.8 Å². The molecule has 3 rings (SSSR count). The summed E-state index contributed by atoms with van der Waals surface area (Å²) in [5.74, 6) is 0.266. The highest BCUT2D eigenvalue weighted by molar-refractivity contribution is 5.22. The molecule has 1 saturated heterocycles. The minimum atomic E-state index is -0.440. The number of fused-ring (bicyclic) bond motifs is 5. The molecule has 3 aliphatic rings. The van der Waals surface area contributed by atoms with Crippen molar-refractivity contribution in [3.05, 3.63) is 12.2 Å². The SMILES string of the molecule is CC(C)(C)OC1[C@H]2C=C[C@@H]1[C@H]1OC(C)(C)O[C@H]12. The van der Waals surface area contributed by atoms with Gasteiger partial charge in [-0.15, -0.1) is 0 Å². The van der Waals surface area contributed by atoms with Crippen LogP contribution < -0.4 is 0 Å². The Hall–Kier alpha value is -0.380. The molecule has 0 amide bonds. The molecule has 1 aliphatic heterocycles. The fourth-order valence-corrected chi connectivity index (χ4v) is 3.30. The molecular formula is C14H22O3. The summed E-state index contributed by atoms with van der Waals surface area (Å²) in [5, 5.41) is 0. The minimum absolute atomic E-state index is 0.110. The van der Waals surface area contributed by atoms with Gasteiger partial charge in [0, 0.05) is 11.8 Å². The van der Waals surface area contributed by atoms with Crippen LogP contribution in [0.1, 0.15) is 34.6 Å². The van der Waals surface area contributed by atoms with Crippen LogP contribution in [0.4, 0.5) is 0 Å². The van der Waals surface area contributed by atoms with Gasteiger partial charge in [0.25, 0.3) is 0 Å². The lowest BCUT2D eigenvalue weighted by Crippen LogP contribution is -2.35. The molecule has 0 spiro atoms. The van der Waals surface area contributed by atoms with Gasteiger partial charge in [-0.25, -0.2) is 0 Å². The maximum absolute atomic E-state index is 6.17. The molecule has 2 bridgehead atoms. The molecule has 96 valence electrons. The third-order valence-corrected chi connectivity index (χ3v) is 3.73. The molecule has 17 heavy (non-hydrogen) atoms. The normalized spacial score (nSPS) is 46.5. The molecule has 2 aliphatic carbocycles. The van der Waals surface area contributed by atoms with Crippen molar-refractivity contribution in [2.45, 2.75) is 64.3 Å². The average molecular weight is 238 g/mol. The number of rotatable bonds is 1. The monoisotopic (exact) mass is 238 g/mol. The molecule has 0 radical (unpaired) electrons. The Morgan fingerprint density at radius 1 is 1.00 bits per heavy atom. The summed E-state index contributed by atoms with van der Waals surface area (Å²) in [6.07, 6.45) is 5.06. The van der Waals surface area contributed by atoms with Crippen molar-refractivity contribution in [3.8, 4) is 0 Å². The van der Waals surface area contributed by atoms with Crippen LogP contribution in [0.2, 0.25) is 0 Å². The smallest absolute Gasteiger partial charge is 0.163 e. The molecule has 0 N–H and O–H groups in total. The van der Waals surface area contributed by atoms with Crippen LogP contribution in [0.25, 0.3) is 0 Å². The van der Waals surface area contributed by atoms with E-state index in [-0.39, 0.29) is 23.9 Å². The molecule has 1 heterocycles. The summed E-state index contributed by atoms with van der Waals surface area (Å²) >= 11 is 0. The van der Waals surface area contributed by atoms with E-state index >= 15 is 0 Å². The van der Waals surface area contributed by atoms with E-state index in [9.17, 15) is 0 Å². The Balaban J connectivity index is 1.79. The van der Waals surface area contributed by atoms with Crippen molar-refractivity contribution in [1.82, 2.24) is 0 Å². The first-order valence-corrected chi connectivity index (χ1v) is 6.49. The van der Waals surface area contributed by atoms with Gasteiger partial charge in [-0.1, -0.05) is 12.2 Å². The summed E-state index contributed by atoms with van der Waals surface area (Å²) in [6, 6.07) is 0. The van der Waals surface area contributed by atoms with Crippen molar-refractivity contribution >= 4 is 0 Å². The Kier molecular flexibility index (Phi) is 2.30. The Morgan fingerprint density at radius 2 is 1.47 bits per heavy atom. The van der Waals surface area contributed by atoms with E-state index < -0.39 is 5.79 Å². The highest BCUT2D eigenvalue weighted by Gasteiger charge is 2.60. The Morgan fingerprint density at radius 3 is 1.88 bits per heavy atom. The molecule has 3 heteroatoms. The van der Waals surface area contributed by atoms with Gasteiger partial charge >= 0.3 is 0 Å². The van der Waals surface area contributed by atoms with Gasteiger partial charge in [0.2, 0.25) is 0 Å². The van der Waals surface area contributed by atoms with Crippen molar-refractivity contribution in [3.63, 3.8) is 0 Å². The lowest BCUT2D eigenvalue weighted by atomic mass is 10.0. The summed E-state index contributed by atoms with van der Waals surface area (Å²) in [6.45, 7) is 10.3. The summed E-state index contributed by atoms with van der Waals surface area (Å²) in [4.78, 5) is 0. The van der Waals surface area contributed by atoms with E-state index in [4.69, 9.17) is 14.2 Å². The van der Waals surface area contributed by atoms with Gasteiger partial charge < -0.3 is 14.2 Å². The largest absolute Gasteiger partial charge is 0.371 e. The molecule has 0 aromatic carbocycles. The zero-order valence-electron chi connectivity index (χ0n) is 11.3. The number of hydrogen-bond acceptors (Lipinski definition) is 3. The van der Waals surface area contributed by atoms with Gasteiger partial charge in [-0.2, -0.15) is 0 Å². The molecule has 1 unspecified atom stereocenters. The third-order valence-electron chi connectivity index (χ3n) is 3.73. The maximum atomic E-state index is 6.17. The third kappa shape index (κ3) is 1.85. The molecule has 3 nitrogen and oxygen atoms in total. The summed E-state index contributed by atoms with van der Waals surface area (Å²) in [7, 11) is 0. The molecule has 5 atom stereocenters. The topological polar surface area (TPSA) is 27.7 Å². The quantitative estimate of drug-likeness (QED) is 0.657. The zero-order chi connectivity index (χ0) is 12.4. The highest BCUT2D eigenvalue weighted by Crippen LogP contribution is 2.51. The van der Waals surface area contributed by atoms with Crippen LogP contribution in [0.3, 0.4) is 0 Å². The van der Waals surface area contributed by atoms with E-state index in [2.05, 4.69) is 32.9 Å². The van der Waals surface area contributed by atoms with Crippen LogP contribution in [0, 0.1) is 11.8 Å². The van der Waals surface area contributed by atoms with E-state index in [1.165, 1.54) is 0 Å². The van der Waals surface area contributed by atoms with Crippen LogP contribution in [-0.4, -0.2) is 29.7 Å². The first-order valence-electron chi connectivity index (χ1n) is 6.49. The molecular weight excluding hydrogens is 216 g/mol. The van der Waals surface area contributed by atoms with Gasteiger partial charge in [0.1, 0.15) is 0 Å². The van der Waals surface area contributed by atoms with Crippen LogP contribution in [0.5, 0.6) is 0 Å². The Labute approximate surface area is 103 Å². The predicted octanol–water partition coefficient (Wildman–Crippen LogP) is 2.51. The fraction of sp³-hybridized carbons (Fsp3) is 0.857. The number of ether oxygens (including phenoxy) is 3. The van der Waals surface area contributed by atoms with Crippen molar-refractivity contribution < 1.29 is 14.2 Å². The first kappa shape index (κ1) is 11.7. The van der Waals surface area contributed by atoms with Crippen molar-refractivity contribution in [1.29, 1.82) is 0 Å². The van der Waals surface area contributed by atoms with Gasteiger partial charge in [-0.3, -0.25) is 0 Å². The van der Waals surface area contributed by atoms with Gasteiger partial charge in [0.15, 0.2) is 5.79 Å². The number of hydrogen-bond donors (Lipinski definition) is 0. The fourth-order valence-electron chi connectivity index (χ4n) is 3.30. The second-order valence-corrected chi connectivity index (χ2v) is 6.80. The molecule has 2 fully saturated rings. The van der Waals surface area contributed by atoms with E-state index in [0.29, 0.717) is 11.8 Å². The molecule has 0 aromatic heterocycles. The lowest BCUT2D eigenvalue weighted by Gasteiger charge is -2.30. The van der Waals surface area contributed by atoms with Crippen LogP contribution in [0.15, 0.2) is 12.2 Å². The summed E-state index contributed by atoms with van der Waals surface area (Å²) in [5.41, 5.74) is -0.110. The first-order chi connectivity index (χ1) is 7.77. The standard InChI is InChI=1S/C14H22O3/c1-13(2,3)15-10-8-6-7-9(10)12-11(8)16-14(4,5)17-12/h6-12H,1-5H3/t8-,9+,10?,11+,12-. The van der Waals surface area contributed by atoms with E-state index in [1.807, 2.05) is 13.8 Å². The lowest BCUT2D eigenvalue weighted by molar-refractivity contribution is -0.177. The van der Waals surface area contributed by atoms with Gasteiger partial charge in [-0.05, 0) is 34.6 Å². The second kappa shape index (κ2) is 3.34. The van der Waals surface area contributed by atoms with E-state index in [0.717, 1.165) is 0 Å². The zero-order valence-corrected chi connectivity index (χ0v) is 11.3. The summed E-state index contributed by atoms with van der Waals surface area (Å²) < 4.78 is 18.2. The predicted molar refractivity (Wildman–Crippen MR) is 64.6 cm³/mol. The van der Waals surface area contributed by atoms with Crippen LogP contribution in [-0.2, 0) is 14.2 Å². The maximum Gasteiger partial charge on any atom is 0.163 e. The van der Waals surface area contributed by atoms with Crippen molar-refractivity contribution in [2.75, 3.05) is 0 Å². The van der Waals surface area contributed by atoms with Gasteiger partial charge in [0.05, 0.1) is 23.9 Å². The van der Waals surface area contributed by atoms with Crippen LogP contribution >= 0.6 is 0 Å². The molecule has 1 saturated carbocycles. The minimum Gasteiger partial charge on any atom is -0.371 e. The second-order valence-electron chi connectivity index (χ2n) is 6.80.